The van der Waals surface area contributed by atoms with Gasteiger partial charge in [0.2, 0.25) is 0 Å². The maximum absolute atomic E-state index is 14.6. The number of hydrogen-bond donors (Lipinski definition) is 1. The van der Waals surface area contributed by atoms with E-state index >= 15 is 0 Å². The maximum atomic E-state index is 14.6. The highest BCUT2D eigenvalue weighted by atomic mass is 35.5. The van der Waals surface area contributed by atoms with Gasteiger partial charge in [-0.3, -0.25) is 4.79 Å². The van der Waals surface area contributed by atoms with Gasteiger partial charge in [0.1, 0.15) is 11.0 Å². The van der Waals surface area contributed by atoms with Crippen LogP contribution in [0.3, 0.4) is 0 Å². The third-order valence-electron chi connectivity index (χ3n) is 3.18. The van der Waals surface area contributed by atoms with Crippen LogP contribution in [0.1, 0.15) is 40.9 Å². The molecule has 3 nitrogen and oxygen atoms in total. The summed E-state index contributed by atoms with van der Waals surface area (Å²) in [7, 11) is 0. The van der Waals surface area contributed by atoms with Crippen molar-refractivity contribution in [2.45, 2.75) is 19.4 Å². The van der Waals surface area contributed by atoms with Gasteiger partial charge < -0.3 is 5.73 Å². The van der Waals surface area contributed by atoms with Crippen molar-refractivity contribution in [1.29, 1.82) is 0 Å². The molecule has 0 spiro atoms. The average Bonchev–Trinajstić information content (AvgIpc) is 2.47. The minimum atomic E-state index is -0.684. The summed E-state index contributed by atoms with van der Waals surface area (Å²) in [5, 5.41) is 0.291. The predicted molar refractivity (Wildman–Crippen MR) is 81.3 cm³/mol. The molecule has 1 aromatic heterocycles. The van der Waals surface area contributed by atoms with E-state index in [1.807, 2.05) is 6.92 Å². The Balaban J connectivity index is 2.52. The largest absolute Gasteiger partial charge is 0.324 e. The van der Waals surface area contributed by atoms with Crippen LogP contribution in [-0.4, -0.2) is 10.8 Å². The number of ketones is 1. The molecule has 0 bridgehead atoms. The smallest absolute Gasteiger partial charge is 0.199 e. The van der Waals surface area contributed by atoms with Crippen molar-refractivity contribution in [2.24, 2.45) is 5.73 Å². The van der Waals surface area contributed by atoms with E-state index in [9.17, 15) is 9.18 Å². The molecule has 1 atom stereocenters. The van der Waals surface area contributed by atoms with Gasteiger partial charge in [0.15, 0.2) is 5.78 Å². The third kappa shape index (κ3) is 3.23. The Labute approximate surface area is 131 Å². The second-order valence-electron chi connectivity index (χ2n) is 4.54. The first kappa shape index (κ1) is 15.9. The van der Waals surface area contributed by atoms with Gasteiger partial charge in [-0.05, 0) is 24.6 Å². The van der Waals surface area contributed by atoms with Crippen LogP contribution in [0.25, 0.3) is 0 Å². The highest BCUT2D eigenvalue weighted by Gasteiger charge is 2.22. The van der Waals surface area contributed by atoms with Crippen molar-refractivity contribution in [1.82, 2.24) is 4.98 Å². The second-order valence-corrected chi connectivity index (χ2v) is 5.33. The number of benzene rings is 1. The van der Waals surface area contributed by atoms with Crippen LogP contribution in [-0.2, 0) is 0 Å². The molecule has 110 valence electrons. The summed E-state index contributed by atoms with van der Waals surface area (Å²) in [6.45, 7) is 1.84. The summed E-state index contributed by atoms with van der Waals surface area (Å²) >= 11 is 11.6. The highest BCUT2D eigenvalue weighted by molar-refractivity contribution is 6.35. The first-order chi connectivity index (χ1) is 9.95. The number of carbonyl (C=O) groups is 1. The number of hydrogen-bond acceptors (Lipinski definition) is 3. The zero-order valence-electron chi connectivity index (χ0n) is 11.2. The molecule has 1 heterocycles. The lowest BCUT2D eigenvalue weighted by Crippen LogP contribution is -2.14. The lowest BCUT2D eigenvalue weighted by molar-refractivity contribution is 0.103. The number of nitrogens with zero attached hydrogens (tertiary/aromatic N) is 1. The van der Waals surface area contributed by atoms with Crippen molar-refractivity contribution in [3.63, 3.8) is 0 Å². The van der Waals surface area contributed by atoms with Gasteiger partial charge in [0.05, 0.1) is 10.6 Å². The summed E-state index contributed by atoms with van der Waals surface area (Å²) in [5.41, 5.74) is 6.14. The van der Waals surface area contributed by atoms with E-state index in [2.05, 4.69) is 4.98 Å². The molecule has 2 N–H and O–H groups in total. The standard InChI is InChI=1S/C15H13Cl2FN2O/c1-2-11(19)9-4-5-10(16)13(14(9)18)15(21)8-3-6-12(17)20-7-8/h3-7,11H,2,19H2,1H3/t11-/m0/s1. The van der Waals surface area contributed by atoms with E-state index in [-0.39, 0.29) is 26.9 Å². The van der Waals surface area contributed by atoms with Crippen molar-refractivity contribution in [3.05, 3.63) is 63.1 Å². The quantitative estimate of drug-likeness (QED) is 0.677. The van der Waals surface area contributed by atoms with E-state index in [1.54, 1.807) is 0 Å². The normalized spacial score (nSPS) is 12.2. The molecule has 0 aliphatic carbocycles. The molecule has 0 amide bonds. The fourth-order valence-corrected chi connectivity index (χ4v) is 2.28. The first-order valence-corrected chi connectivity index (χ1v) is 7.11. The maximum Gasteiger partial charge on any atom is 0.199 e. The molecule has 0 unspecified atom stereocenters. The Morgan fingerprint density at radius 1 is 1.33 bits per heavy atom. The van der Waals surface area contributed by atoms with Crippen LogP contribution in [0.2, 0.25) is 10.2 Å². The zero-order chi connectivity index (χ0) is 15.6. The van der Waals surface area contributed by atoms with E-state index in [0.29, 0.717) is 6.42 Å². The van der Waals surface area contributed by atoms with Gasteiger partial charge in [-0.15, -0.1) is 0 Å². The fraction of sp³-hybridized carbons (Fsp3) is 0.200. The van der Waals surface area contributed by atoms with Crippen molar-refractivity contribution >= 4 is 29.0 Å². The van der Waals surface area contributed by atoms with Crippen LogP contribution in [0.4, 0.5) is 4.39 Å². The van der Waals surface area contributed by atoms with Gasteiger partial charge in [-0.2, -0.15) is 0 Å². The highest BCUT2D eigenvalue weighted by Crippen LogP contribution is 2.28. The van der Waals surface area contributed by atoms with Crippen LogP contribution in [0.15, 0.2) is 30.5 Å². The zero-order valence-corrected chi connectivity index (χ0v) is 12.7. The van der Waals surface area contributed by atoms with Crippen LogP contribution in [0.5, 0.6) is 0 Å². The molecule has 2 rings (SSSR count). The van der Waals surface area contributed by atoms with Gasteiger partial charge in [-0.1, -0.05) is 36.2 Å². The summed E-state index contributed by atoms with van der Waals surface area (Å²) in [4.78, 5) is 16.2. The Morgan fingerprint density at radius 3 is 2.62 bits per heavy atom. The van der Waals surface area contributed by atoms with E-state index < -0.39 is 17.6 Å². The number of halogens is 3. The molecule has 21 heavy (non-hydrogen) atoms. The van der Waals surface area contributed by atoms with Crippen LogP contribution in [0, 0.1) is 5.82 Å². The molecule has 0 saturated carbocycles. The summed E-state index contributed by atoms with van der Waals surface area (Å²) in [6, 6.07) is 5.42. The molecule has 0 radical (unpaired) electrons. The summed E-state index contributed by atoms with van der Waals surface area (Å²) < 4.78 is 14.6. The van der Waals surface area contributed by atoms with Crippen LogP contribution < -0.4 is 5.73 Å². The molecule has 0 aliphatic heterocycles. The van der Waals surface area contributed by atoms with Crippen molar-refractivity contribution < 1.29 is 9.18 Å². The van der Waals surface area contributed by atoms with Crippen molar-refractivity contribution in [3.8, 4) is 0 Å². The first-order valence-electron chi connectivity index (χ1n) is 6.35. The van der Waals surface area contributed by atoms with E-state index in [4.69, 9.17) is 28.9 Å². The molecular formula is C15H13Cl2FN2O. The fourth-order valence-electron chi connectivity index (χ4n) is 1.94. The molecule has 6 heteroatoms. The van der Waals surface area contributed by atoms with Gasteiger partial charge in [0.25, 0.3) is 0 Å². The number of rotatable bonds is 4. The average molecular weight is 327 g/mol. The van der Waals surface area contributed by atoms with E-state index in [1.165, 1.54) is 30.5 Å². The van der Waals surface area contributed by atoms with Gasteiger partial charge in [0, 0.05) is 23.4 Å². The van der Waals surface area contributed by atoms with Gasteiger partial charge >= 0.3 is 0 Å². The predicted octanol–water partition coefficient (Wildman–Crippen LogP) is 4.17. The Bertz CT molecular complexity index is 674. The Kier molecular flexibility index (Phi) is 4.93. The summed E-state index contributed by atoms with van der Waals surface area (Å²) in [5.74, 6) is -1.23. The van der Waals surface area contributed by atoms with Gasteiger partial charge in [-0.25, -0.2) is 9.37 Å². The molecule has 0 saturated heterocycles. The molecular weight excluding hydrogens is 314 g/mol. The number of pyridine rings is 1. The monoisotopic (exact) mass is 326 g/mol. The Morgan fingerprint density at radius 2 is 2.05 bits per heavy atom. The number of nitrogens with two attached hydrogens (primary N) is 1. The van der Waals surface area contributed by atoms with E-state index in [0.717, 1.165) is 0 Å². The lowest BCUT2D eigenvalue weighted by atomic mass is 9.97. The summed E-state index contributed by atoms with van der Waals surface area (Å²) in [6.07, 6.45) is 1.83. The SMILES string of the molecule is CC[C@H](N)c1ccc(Cl)c(C(=O)c2ccc(Cl)nc2)c1F. The third-order valence-corrected chi connectivity index (χ3v) is 3.72. The molecule has 1 aromatic carbocycles. The molecule has 0 aliphatic rings. The topological polar surface area (TPSA) is 56.0 Å². The van der Waals surface area contributed by atoms with Crippen molar-refractivity contribution in [2.75, 3.05) is 0 Å². The second kappa shape index (κ2) is 6.52. The number of aromatic nitrogens is 1. The Hall–Kier alpha value is -1.49. The van der Waals surface area contributed by atoms with Crippen LogP contribution >= 0.6 is 23.2 Å². The molecule has 2 aromatic rings. The minimum Gasteiger partial charge on any atom is -0.324 e. The lowest BCUT2D eigenvalue weighted by Gasteiger charge is -2.14. The molecule has 0 fully saturated rings. The minimum absolute atomic E-state index is 0.0412. The number of carbonyl (C=O) groups excluding carboxylic acids is 1.